The Morgan fingerprint density at radius 3 is 2.64 bits per heavy atom. The van der Waals surface area contributed by atoms with Crippen LogP contribution in [0.25, 0.3) is 11.4 Å². The average molecular weight is 464 g/mol. The molecule has 1 aliphatic rings. The van der Waals surface area contributed by atoms with Crippen molar-refractivity contribution in [1.29, 1.82) is 0 Å². The minimum absolute atomic E-state index is 0.0175. The Kier molecular flexibility index (Phi) is 7.44. The van der Waals surface area contributed by atoms with Gasteiger partial charge in [-0.15, -0.1) is 11.8 Å². The van der Waals surface area contributed by atoms with E-state index in [1.54, 1.807) is 11.8 Å². The molecule has 1 aromatic heterocycles. The lowest BCUT2D eigenvalue weighted by molar-refractivity contribution is -0.122. The number of carbonyl (C=O) groups excluding carboxylic acids is 2. The van der Waals surface area contributed by atoms with Gasteiger partial charge in [-0.2, -0.15) is 5.10 Å². The Labute approximate surface area is 198 Å². The van der Waals surface area contributed by atoms with E-state index in [1.165, 1.54) is 10.5 Å². The van der Waals surface area contributed by atoms with Crippen LogP contribution >= 0.6 is 11.8 Å². The van der Waals surface area contributed by atoms with E-state index in [9.17, 15) is 9.59 Å². The second kappa shape index (κ2) is 10.7. The number of benzene rings is 2. The standard InChI is InChI=1S/C25H29N5O2S/c1-33-20-9-7-18(8-10-20)17-25(15-12-23(32)28-25)14-11-22(31)26-16-13-21-27-24(30-29-21)19-5-3-2-4-6-19/h2-10H,11-17H2,1H3,(H,26,31)(H,28,32)(H,27,29,30)/t25-/m1/s1. The number of hydrogen-bond donors (Lipinski definition) is 3. The van der Waals surface area contributed by atoms with Crippen LogP contribution in [0.3, 0.4) is 0 Å². The molecule has 4 rings (SSSR count). The van der Waals surface area contributed by atoms with Crippen molar-refractivity contribution in [1.82, 2.24) is 25.8 Å². The molecule has 1 aliphatic heterocycles. The molecule has 0 bridgehead atoms. The van der Waals surface area contributed by atoms with Gasteiger partial charge in [0.25, 0.3) is 0 Å². The van der Waals surface area contributed by atoms with E-state index in [0.717, 1.165) is 24.2 Å². The van der Waals surface area contributed by atoms with Crippen molar-refractivity contribution in [2.45, 2.75) is 49.0 Å². The summed E-state index contributed by atoms with van der Waals surface area (Å²) < 4.78 is 0. The summed E-state index contributed by atoms with van der Waals surface area (Å²) in [5.41, 5.74) is 1.77. The summed E-state index contributed by atoms with van der Waals surface area (Å²) in [6, 6.07) is 18.2. The van der Waals surface area contributed by atoms with E-state index >= 15 is 0 Å². The van der Waals surface area contributed by atoms with Gasteiger partial charge in [0.05, 0.1) is 0 Å². The van der Waals surface area contributed by atoms with Crippen LogP contribution in [0, 0.1) is 0 Å². The first-order chi connectivity index (χ1) is 16.0. The third kappa shape index (κ3) is 6.22. The van der Waals surface area contributed by atoms with Gasteiger partial charge in [0.2, 0.25) is 11.8 Å². The Hall–Kier alpha value is -3.13. The number of aromatic amines is 1. The zero-order chi connectivity index (χ0) is 23.1. The number of H-pyrrole nitrogens is 1. The van der Waals surface area contributed by atoms with E-state index in [-0.39, 0.29) is 17.4 Å². The molecule has 2 aromatic carbocycles. The SMILES string of the molecule is CSc1ccc(C[C@@]2(CCC(=O)NCCc3nc(-c4ccccc4)n[nH]3)CCC(=O)N2)cc1. The van der Waals surface area contributed by atoms with Gasteiger partial charge >= 0.3 is 0 Å². The van der Waals surface area contributed by atoms with Crippen molar-refractivity contribution in [3.05, 3.63) is 66.0 Å². The fraction of sp³-hybridized carbons (Fsp3) is 0.360. The maximum Gasteiger partial charge on any atom is 0.220 e. The summed E-state index contributed by atoms with van der Waals surface area (Å²) in [4.78, 5) is 30.2. The van der Waals surface area contributed by atoms with Crippen molar-refractivity contribution in [2.24, 2.45) is 0 Å². The van der Waals surface area contributed by atoms with E-state index in [2.05, 4.69) is 56.3 Å². The lowest BCUT2D eigenvalue weighted by Gasteiger charge is -2.29. The fourth-order valence-electron chi connectivity index (χ4n) is 4.20. The molecule has 2 amide bonds. The van der Waals surface area contributed by atoms with Crippen LogP contribution in [-0.2, 0) is 22.4 Å². The maximum atomic E-state index is 12.5. The number of hydrogen-bond acceptors (Lipinski definition) is 5. The van der Waals surface area contributed by atoms with Crippen LogP contribution in [0.5, 0.6) is 0 Å². The van der Waals surface area contributed by atoms with Gasteiger partial charge in [0.15, 0.2) is 5.82 Å². The number of carbonyl (C=O) groups is 2. The van der Waals surface area contributed by atoms with Crippen LogP contribution in [0.2, 0.25) is 0 Å². The summed E-state index contributed by atoms with van der Waals surface area (Å²) >= 11 is 1.71. The number of nitrogens with zero attached hydrogens (tertiary/aromatic N) is 2. The Balaban J connectivity index is 1.26. The number of nitrogens with one attached hydrogen (secondary N) is 3. The number of amides is 2. The molecule has 1 fully saturated rings. The number of aromatic nitrogens is 3. The summed E-state index contributed by atoms with van der Waals surface area (Å²) in [5.74, 6) is 1.44. The van der Waals surface area contributed by atoms with E-state index in [4.69, 9.17) is 0 Å². The summed E-state index contributed by atoms with van der Waals surface area (Å²) in [6.45, 7) is 0.484. The molecular weight excluding hydrogens is 434 g/mol. The largest absolute Gasteiger partial charge is 0.356 e. The van der Waals surface area contributed by atoms with Crippen LogP contribution < -0.4 is 10.6 Å². The molecule has 8 heteroatoms. The summed E-state index contributed by atoms with van der Waals surface area (Å²) in [6.07, 6.45) is 5.63. The van der Waals surface area contributed by atoms with Crippen LogP contribution in [0.1, 0.15) is 37.1 Å². The van der Waals surface area contributed by atoms with Gasteiger partial charge in [0.1, 0.15) is 5.82 Å². The monoisotopic (exact) mass is 463 g/mol. The second-order valence-corrected chi connectivity index (χ2v) is 9.30. The number of rotatable bonds is 10. The minimum Gasteiger partial charge on any atom is -0.356 e. The first kappa shape index (κ1) is 23.0. The van der Waals surface area contributed by atoms with Gasteiger partial charge in [-0.05, 0) is 43.2 Å². The van der Waals surface area contributed by atoms with Gasteiger partial charge in [-0.1, -0.05) is 42.5 Å². The first-order valence-corrected chi connectivity index (χ1v) is 12.5. The van der Waals surface area contributed by atoms with Crippen LogP contribution in [0.4, 0.5) is 0 Å². The van der Waals surface area contributed by atoms with Gasteiger partial charge in [-0.3, -0.25) is 14.7 Å². The molecule has 33 heavy (non-hydrogen) atoms. The molecule has 3 aromatic rings. The van der Waals surface area contributed by atoms with Crippen LogP contribution in [0.15, 0.2) is 59.5 Å². The Bertz CT molecular complexity index is 1080. The normalized spacial score (nSPS) is 17.7. The molecular formula is C25H29N5O2S. The molecule has 0 unspecified atom stereocenters. The topological polar surface area (TPSA) is 99.8 Å². The summed E-state index contributed by atoms with van der Waals surface area (Å²) in [7, 11) is 0. The molecule has 172 valence electrons. The van der Waals surface area contributed by atoms with Crippen LogP contribution in [-0.4, -0.2) is 45.3 Å². The zero-order valence-electron chi connectivity index (χ0n) is 18.8. The molecule has 3 N–H and O–H groups in total. The molecule has 0 saturated carbocycles. The smallest absolute Gasteiger partial charge is 0.220 e. The zero-order valence-corrected chi connectivity index (χ0v) is 19.6. The van der Waals surface area contributed by atoms with Gasteiger partial charge in [-0.25, -0.2) is 4.98 Å². The molecule has 2 heterocycles. The third-order valence-electron chi connectivity index (χ3n) is 6.02. The lowest BCUT2D eigenvalue weighted by atomic mass is 9.85. The van der Waals surface area contributed by atoms with Gasteiger partial charge < -0.3 is 10.6 Å². The first-order valence-electron chi connectivity index (χ1n) is 11.2. The fourth-order valence-corrected chi connectivity index (χ4v) is 4.61. The molecule has 1 atom stereocenters. The quantitative estimate of drug-likeness (QED) is 0.400. The highest BCUT2D eigenvalue weighted by molar-refractivity contribution is 7.98. The second-order valence-electron chi connectivity index (χ2n) is 8.43. The molecule has 1 saturated heterocycles. The molecule has 0 aliphatic carbocycles. The lowest BCUT2D eigenvalue weighted by Crippen LogP contribution is -2.44. The molecule has 7 nitrogen and oxygen atoms in total. The molecule has 0 spiro atoms. The van der Waals surface area contributed by atoms with Crippen molar-refractivity contribution < 1.29 is 9.59 Å². The van der Waals surface area contributed by atoms with Gasteiger partial charge in [0, 0.05) is 41.8 Å². The Morgan fingerprint density at radius 1 is 1.15 bits per heavy atom. The van der Waals surface area contributed by atoms with Crippen molar-refractivity contribution in [2.75, 3.05) is 12.8 Å². The highest BCUT2D eigenvalue weighted by atomic mass is 32.2. The van der Waals surface area contributed by atoms with Crippen molar-refractivity contribution >= 4 is 23.6 Å². The third-order valence-corrected chi connectivity index (χ3v) is 6.76. The summed E-state index contributed by atoms with van der Waals surface area (Å²) in [5, 5.41) is 13.3. The van der Waals surface area contributed by atoms with E-state index in [1.807, 2.05) is 30.3 Å². The maximum absolute atomic E-state index is 12.5. The minimum atomic E-state index is -0.356. The van der Waals surface area contributed by atoms with Crippen molar-refractivity contribution in [3.8, 4) is 11.4 Å². The Morgan fingerprint density at radius 2 is 1.94 bits per heavy atom. The van der Waals surface area contributed by atoms with E-state index < -0.39 is 0 Å². The highest BCUT2D eigenvalue weighted by Gasteiger charge is 2.37. The van der Waals surface area contributed by atoms with E-state index in [0.29, 0.717) is 38.1 Å². The van der Waals surface area contributed by atoms with Crippen molar-refractivity contribution in [3.63, 3.8) is 0 Å². The predicted molar refractivity (Wildman–Crippen MR) is 130 cm³/mol. The highest BCUT2D eigenvalue weighted by Crippen LogP contribution is 2.30. The number of thioether (sulfide) groups is 1. The predicted octanol–water partition coefficient (Wildman–Crippen LogP) is 3.52. The molecule has 0 radical (unpaired) electrons. The average Bonchev–Trinajstić information content (AvgIpc) is 3.46.